The van der Waals surface area contributed by atoms with E-state index >= 15 is 0 Å². The summed E-state index contributed by atoms with van der Waals surface area (Å²) in [6, 6.07) is 0. The number of hydrogen-bond donors (Lipinski definition) is 2. The standard InChI is InChI=1S/C7H11Cl2NO/c8-3-6(9)4-10-7(5-11)1-2-7/h3,10-11H,1-2,4-5H2. The van der Waals surface area contributed by atoms with Gasteiger partial charge in [-0.2, -0.15) is 0 Å². The molecule has 1 aliphatic rings. The lowest BCUT2D eigenvalue weighted by Gasteiger charge is -2.12. The van der Waals surface area contributed by atoms with Crippen LogP contribution in [0.2, 0.25) is 0 Å². The first-order chi connectivity index (χ1) is 5.22. The minimum atomic E-state index is -0.0555. The van der Waals surface area contributed by atoms with Crippen molar-refractivity contribution in [3.63, 3.8) is 0 Å². The summed E-state index contributed by atoms with van der Waals surface area (Å²) in [5, 5.41) is 12.6. The molecule has 2 nitrogen and oxygen atoms in total. The highest BCUT2D eigenvalue weighted by Crippen LogP contribution is 2.34. The fraction of sp³-hybridized carbons (Fsp3) is 0.714. The molecule has 11 heavy (non-hydrogen) atoms. The largest absolute Gasteiger partial charge is 0.394 e. The van der Waals surface area contributed by atoms with Gasteiger partial charge in [-0.3, -0.25) is 0 Å². The van der Waals surface area contributed by atoms with Crippen molar-refractivity contribution in [1.29, 1.82) is 0 Å². The maximum Gasteiger partial charge on any atom is 0.0613 e. The Bertz CT molecular complexity index is 166. The van der Waals surface area contributed by atoms with Gasteiger partial charge in [0.25, 0.3) is 0 Å². The Hall–Kier alpha value is 0.240. The van der Waals surface area contributed by atoms with Gasteiger partial charge in [0.15, 0.2) is 0 Å². The van der Waals surface area contributed by atoms with Gasteiger partial charge in [-0.25, -0.2) is 0 Å². The summed E-state index contributed by atoms with van der Waals surface area (Å²) in [5.74, 6) is 0. The Kier molecular flexibility index (Phi) is 3.19. The molecule has 1 fully saturated rings. The molecule has 64 valence electrons. The van der Waals surface area contributed by atoms with Gasteiger partial charge in [0.1, 0.15) is 0 Å². The number of nitrogens with one attached hydrogen (secondary N) is 1. The maximum atomic E-state index is 8.88. The predicted molar refractivity (Wildman–Crippen MR) is 46.8 cm³/mol. The molecule has 0 atom stereocenters. The van der Waals surface area contributed by atoms with Gasteiger partial charge in [0, 0.05) is 22.7 Å². The van der Waals surface area contributed by atoms with E-state index in [0.29, 0.717) is 11.6 Å². The molecule has 1 rings (SSSR count). The normalized spacial score (nSPS) is 21.9. The third kappa shape index (κ3) is 2.64. The monoisotopic (exact) mass is 195 g/mol. The van der Waals surface area contributed by atoms with E-state index in [0.717, 1.165) is 12.8 Å². The van der Waals surface area contributed by atoms with E-state index in [9.17, 15) is 0 Å². The highest BCUT2D eigenvalue weighted by molar-refractivity contribution is 6.36. The number of aliphatic hydroxyl groups is 1. The lowest BCUT2D eigenvalue weighted by Crippen LogP contribution is -2.35. The molecule has 0 aromatic rings. The molecule has 1 saturated carbocycles. The molecule has 0 aliphatic heterocycles. The Morgan fingerprint density at radius 1 is 1.64 bits per heavy atom. The third-order valence-electron chi connectivity index (χ3n) is 1.91. The minimum absolute atomic E-state index is 0.0555. The van der Waals surface area contributed by atoms with Crippen molar-refractivity contribution >= 4 is 23.2 Å². The van der Waals surface area contributed by atoms with Crippen LogP contribution in [0, 0.1) is 0 Å². The molecular weight excluding hydrogens is 185 g/mol. The molecule has 0 spiro atoms. The number of halogens is 2. The highest BCUT2D eigenvalue weighted by atomic mass is 35.5. The van der Waals surface area contributed by atoms with Gasteiger partial charge in [-0.15, -0.1) is 0 Å². The van der Waals surface area contributed by atoms with E-state index in [-0.39, 0.29) is 12.1 Å². The van der Waals surface area contributed by atoms with Crippen molar-refractivity contribution in [2.24, 2.45) is 0 Å². The van der Waals surface area contributed by atoms with Crippen LogP contribution in [0.1, 0.15) is 12.8 Å². The molecule has 0 aromatic carbocycles. The number of rotatable bonds is 4. The van der Waals surface area contributed by atoms with Crippen molar-refractivity contribution in [3.05, 3.63) is 10.6 Å². The fourth-order valence-electron chi connectivity index (χ4n) is 0.852. The van der Waals surface area contributed by atoms with Crippen LogP contribution in [0.3, 0.4) is 0 Å². The van der Waals surface area contributed by atoms with Crippen LogP contribution < -0.4 is 5.32 Å². The zero-order valence-electron chi connectivity index (χ0n) is 6.11. The Morgan fingerprint density at radius 2 is 2.27 bits per heavy atom. The average Bonchev–Trinajstić information content (AvgIpc) is 2.81. The molecule has 0 bridgehead atoms. The van der Waals surface area contributed by atoms with Crippen molar-refractivity contribution in [1.82, 2.24) is 5.32 Å². The molecule has 1 aliphatic carbocycles. The molecule has 0 heterocycles. The van der Waals surface area contributed by atoms with E-state index in [4.69, 9.17) is 28.3 Å². The van der Waals surface area contributed by atoms with Gasteiger partial charge in [-0.05, 0) is 12.8 Å². The first-order valence-electron chi connectivity index (χ1n) is 3.53. The summed E-state index contributed by atoms with van der Waals surface area (Å²) in [7, 11) is 0. The second-order valence-corrected chi connectivity index (χ2v) is 3.55. The molecule has 4 heteroatoms. The van der Waals surface area contributed by atoms with E-state index < -0.39 is 0 Å². The van der Waals surface area contributed by atoms with Gasteiger partial charge >= 0.3 is 0 Å². The van der Waals surface area contributed by atoms with Gasteiger partial charge in [-0.1, -0.05) is 23.2 Å². The lowest BCUT2D eigenvalue weighted by atomic mass is 10.3. The lowest BCUT2D eigenvalue weighted by molar-refractivity contribution is 0.234. The average molecular weight is 196 g/mol. The Labute approximate surface area is 76.2 Å². The zero-order valence-corrected chi connectivity index (χ0v) is 7.62. The summed E-state index contributed by atoms with van der Waals surface area (Å²) in [6.07, 6.45) is 2.05. The van der Waals surface area contributed by atoms with Crippen LogP contribution in [-0.4, -0.2) is 23.8 Å². The third-order valence-corrected chi connectivity index (χ3v) is 2.52. The summed E-state index contributed by atoms with van der Waals surface area (Å²) in [4.78, 5) is 0. The van der Waals surface area contributed by atoms with Crippen LogP contribution in [-0.2, 0) is 0 Å². The fourth-order valence-corrected chi connectivity index (χ4v) is 0.996. The smallest absolute Gasteiger partial charge is 0.0613 e. The van der Waals surface area contributed by atoms with Crippen molar-refractivity contribution in [3.8, 4) is 0 Å². The van der Waals surface area contributed by atoms with Crippen molar-refractivity contribution in [2.45, 2.75) is 18.4 Å². The van der Waals surface area contributed by atoms with Crippen LogP contribution >= 0.6 is 23.2 Å². The van der Waals surface area contributed by atoms with Crippen LogP contribution in [0.15, 0.2) is 10.6 Å². The van der Waals surface area contributed by atoms with E-state index in [1.807, 2.05) is 0 Å². The zero-order chi connectivity index (χ0) is 8.32. The van der Waals surface area contributed by atoms with Crippen molar-refractivity contribution in [2.75, 3.05) is 13.2 Å². The van der Waals surface area contributed by atoms with Gasteiger partial charge in [0.05, 0.1) is 6.61 Å². The Morgan fingerprint density at radius 3 is 2.64 bits per heavy atom. The topological polar surface area (TPSA) is 32.3 Å². The molecular formula is C7H11Cl2NO. The number of aliphatic hydroxyl groups excluding tert-OH is 1. The molecule has 0 radical (unpaired) electrons. The van der Waals surface area contributed by atoms with Gasteiger partial charge in [0.2, 0.25) is 0 Å². The summed E-state index contributed by atoms with van der Waals surface area (Å²) < 4.78 is 0. The summed E-state index contributed by atoms with van der Waals surface area (Å²) >= 11 is 11.0. The summed E-state index contributed by atoms with van der Waals surface area (Å²) in [5.41, 5.74) is 1.28. The first kappa shape index (κ1) is 9.33. The van der Waals surface area contributed by atoms with E-state index in [2.05, 4.69) is 5.32 Å². The SMILES string of the molecule is OCC1(NCC(Cl)=CCl)CC1. The second kappa shape index (κ2) is 3.76. The molecule has 0 amide bonds. The Balaban J connectivity index is 2.22. The molecule has 0 saturated heterocycles. The van der Waals surface area contributed by atoms with Crippen LogP contribution in [0.5, 0.6) is 0 Å². The second-order valence-electron chi connectivity index (χ2n) is 2.85. The number of hydrogen-bond acceptors (Lipinski definition) is 2. The van der Waals surface area contributed by atoms with Gasteiger partial charge < -0.3 is 10.4 Å². The van der Waals surface area contributed by atoms with Crippen LogP contribution in [0.4, 0.5) is 0 Å². The highest BCUT2D eigenvalue weighted by Gasteiger charge is 2.41. The molecule has 0 aromatic heterocycles. The minimum Gasteiger partial charge on any atom is -0.394 e. The van der Waals surface area contributed by atoms with Crippen LogP contribution in [0.25, 0.3) is 0 Å². The maximum absolute atomic E-state index is 8.88. The van der Waals surface area contributed by atoms with E-state index in [1.54, 1.807) is 0 Å². The summed E-state index contributed by atoms with van der Waals surface area (Å²) in [6.45, 7) is 0.727. The first-order valence-corrected chi connectivity index (χ1v) is 4.34. The quantitative estimate of drug-likeness (QED) is 0.712. The predicted octanol–water partition coefficient (Wildman–Crippen LogP) is 1.42. The van der Waals surface area contributed by atoms with E-state index in [1.165, 1.54) is 5.54 Å². The molecule has 0 unspecified atom stereocenters. The van der Waals surface area contributed by atoms with Crippen molar-refractivity contribution < 1.29 is 5.11 Å². The molecule has 2 N–H and O–H groups in total.